The summed E-state index contributed by atoms with van der Waals surface area (Å²) in [5, 5.41) is 18.4. The number of benzene rings is 5. The van der Waals surface area contributed by atoms with Gasteiger partial charge in [-0.15, -0.1) is 0 Å². The van der Waals surface area contributed by atoms with Crippen LogP contribution in [0.5, 0.6) is 28.7 Å². The van der Waals surface area contributed by atoms with Crippen LogP contribution in [0.1, 0.15) is 54.4 Å². The lowest BCUT2D eigenvalue weighted by molar-refractivity contribution is -0.947. The molecule has 22 nitrogen and oxygen atoms in total. The van der Waals surface area contributed by atoms with E-state index in [1.54, 1.807) is 0 Å². The second-order valence-corrected chi connectivity index (χ2v) is 30.0. The highest BCUT2D eigenvalue weighted by Crippen LogP contribution is 2.38. The van der Waals surface area contributed by atoms with E-state index in [4.69, 9.17) is 52.4 Å². The molecule has 0 aliphatic carbocycles. The molecule has 5 aromatic carbocycles. The van der Waals surface area contributed by atoms with Gasteiger partial charge in [-0.3, -0.25) is 0 Å². The Morgan fingerprint density at radius 1 is 0.351 bits per heavy atom. The van der Waals surface area contributed by atoms with Crippen molar-refractivity contribution < 1.29 is 56.3 Å². The summed E-state index contributed by atoms with van der Waals surface area (Å²) in [7, 11) is 20.1. The van der Waals surface area contributed by atoms with Crippen LogP contribution in [0.2, 0.25) is 0 Å². The molecule has 22 heteroatoms. The van der Waals surface area contributed by atoms with E-state index in [2.05, 4.69) is 154 Å². The van der Waals surface area contributed by atoms with Crippen LogP contribution < -0.4 is 76.9 Å². The minimum absolute atomic E-state index is 0.149. The molecule has 0 atom stereocenters. The van der Waals surface area contributed by atoms with Crippen molar-refractivity contribution in [2.75, 3.05) is 287 Å². The maximum Gasteiger partial charge on any atom is 0.144 e. The number of nitrogens with zero attached hydrogens (tertiary/aromatic N) is 10. The first-order chi connectivity index (χ1) is 45.9. The smallest absolute Gasteiger partial charge is 0.144 e. The summed E-state index contributed by atoms with van der Waals surface area (Å²) in [6, 6.07) is 30.8. The van der Waals surface area contributed by atoms with Gasteiger partial charge in [-0.1, -0.05) is 0 Å². The highest BCUT2D eigenvalue weighted by molar-refractivity contribution is 5.68. The Morgan fingerprint density at radius 2 is 0.619 bits per heavy atom. The number of nitrogens with two attached hydrogens (primary N) is 5. The van der Waals surface area contributed by atoms with Crippen molar-refractivity contribution >= 4 is 56.9 Å². The van der Waals surface area contributed by atoms with E-state index in [1.807, 2.05) is 66.7 Å². The standard InChI is InChI=1S/C17H30N3O.C16H28N3O3.C15H26N3O.C14H24N3O.C13H22N3O/c1-13(2)20(5,14(3)4)10-8-19-9-11-21-17-12-15(18)6-7-16(17)19;1-19(8-10-20,9-11-21)7-2-5-18-6-12-22-16-13-14(17)3-4-15(16)18;1-4-18(3,5-2)10-8-17-9-11-19-15-12-13(16)6-7-14(15)17;1-17(2,3)9-4-7-16-8-10-18-14-11-12(15)5-6-13(14)16;1-16(2,3)8-6-15-7-9-17-13-10-11(14)4-5-12(13)15/h6-7,12-14H,8-11,18H2,1-5H3;3-4,13,20-21H,2,5-12,17H2,1H3;6-7,12H,4-5,8-11,16H2,1-3H3;5-6,11H,4,7-10,15H2,1-3H3;4-5,10H,6-9,14H2,1-3H3/q5*+1. The molecule has 5 aromatic rings. The Balaban J connectivity index is 0.000000192. The molecule has 0 unspecified atom stereocenters. The number of aliphatic hydroxyl groups is 2. The molecule has 0 radical (unpaired) electrons. The number of likely N-dealkylation sites (N-methyl/N-ethyl adjacent to an activating group) is 4. The fourth-order valence-corrected chi connectivity index (χ4v) is 12.6. The van der Waals surface area contributed by atoms with Gasteiger partial charge in [0, 0.05) is 84.7 Å². The molecular weight excluding hydrogens is 1220 g/mol. The van der Waals surface area contributed by atoms with Gasteiger partial charge in [0.25, 0.3) is 0 Å². The molecule has 12 N–H and O–H groups in total. The molecular formula is C75H130N15O7+5. The van der Waals surface area contributed by atoms with E-state index in [-0.39, 0.29) is 13.2 Å². The summed E-state index contributed by atoms with van der Waals surface area (Å²) < 4.78 is 33.3. The normalized spacial score (nSPS) is 15.1. The molecule has 0 bridgehead atoms. The molecule has 10 rings (SSSR count). The highest BCUT2D eigenvalue weighted by Gasteiger charge is 2.32. The minimum atomic E-state index is 0.149. The number of quaternary nitrogens is 5. The van der Waals surface area contributed by atoms with Gasteiger partial charge in [0.2, 0.25) is 0 Å². The number of hydrogen-bond acceptors (Lipinski definition) is 17. The summed E-state index contributed by atoms with van der Waals surface area (Å²) in [5.74, 6) is 4.54. The lowest BCUT2D eigenvalue weighted by atomic mass is 10.1. The van der Waals surface area contributed by atoms with Gasteiger partial charge in [-0.05, 0) is 102 Å². The molecule has 542 valence electrons. The van der Waals surface area contributed by atoms with E-state index >= 15 is 0 Å². The fourth-order valence-electron chi connectivity index (χ4n) is 12.6. The first kappa shape index (κ1) is 78.8. The molecule has 0 saturated carbocycles. The maximum atomic E-state index is 9.20. The number of aliphatic hydroxyl groups excluding tert-OH is 2. The van der Waals surface area contributed by atoms with Crippen LogP contribution in [0.25, 0.3) is 0 Å². The topological polar surface area (TPSA) is 233 Å². The number of fused-ring (bicyclic) bond motifs is 5. The minimum Gasteiger partial charge on any atom is -0.489 e. The number of hydrogen-bond donors (Lipinski definition) is 7. The lowest BCUT2D eigenvalue weighted by Crippen LogP contribution is -2.57. The monoisotopic (exact) mass is 1350 g/mol. The van der Waals surface area contributed by atoms with Crippen molar-refractivity contribution in [3.63, 3.8) is 0 Å². The van der Waals surface area contributed by atoms with Crippen molar-refractivity contribution in [2.24, 2.45) is 0 Å². The van der Waals surface area contributed by atoms with Crippen LogP contribution in [0.15, 0.2) is 91.0 Å². The third-order valence-corrected chi connectivity index (χ3v) is 20.1. The molecule has 0 amide bonds. The van der Waals surface area contributed by atoms with Crippen LogP contribution in [0.4, 0.5) is 56.9 Å². The molecule has 0 fully saturated rings. The van der Waals surface area contributed by atoms with Crippen LogP contribution >= 0.6 is 0 Å². The Kier molecular flexibility index (Phi) is 29.7. The maximum absolute atomic E-state index is 9.20. The Hall–Kier alpha value is -7.18. The predicted octanol–water partition coefficient (Wildman–Crippen LogP) is 7.71. The van der Waals surface area contributed by atoms with Gasteiger partial charge in [-0.2, -0.15) is 0 Å². The second-order valence-electron chi connectivity index (χ2n) is 30.0. The van der Waals surface area contributed by atoms with E-state index in [0.717, 1.165) is 205 Å². The summed E-state index contributed by atoms with van der Waals surface area (Å²) >= 11 is 0. The Morgan fingerprint density at radius 3 is 0.887 bits per heavy atom. The van der Waals surface area contributed by atoms with E-state index in [1.165, 1.54) is 48.8 Å². The van der Waals surface area contributed by atoms with Gasteiger partial charge < -0.3 is 109 Å². The van der Waals surface area contributed by atoms with Gasteiger partial charge in [-0.25, -0.2) is 0 Å². The second kappa shape index (κ2) is 36.6. The number of anilines is 10. The predicted molar refractivity (Wildman–Crippen MR) is 406 cm³/mol. The molecule has 0 saturated heterocycles. The van der Waals surface area contributed by atoms with E-state index in [9.17, 15) is 10.2 Å². The fraction of sp³-hybridized carbons (Fsp3) is 0.600. The zero-order chi connectivity index (χ0) is 71.1. The van der Waals surface area contributed by atoms with Crippen molar-refractivity contribution in [3.05, 3.63) is 91.0 Å². The quantitative estimate of drug-likeness (QED) is 0.0219. The molecule has 0 spiro atoms. The average Bonchev–Trinajstić information content (AvgIpc) is 0.851. The molecule has 97 heavy (non-hydrogen) atoms. The first-order valence-electron chi connectivity index (χ1n) is 35.6. The molecule has 5 aliphatic rings. The third kappa shape index (κ3) is 24.3. The lowest BCUT2D eigenvalue weighted by Gasteiger charge is -2.44. The van der Waals surface area contributed by atoms with Crippen LogP contribution in [0, 0.1) is 0 Å². The van der Waals surface area contributed by atoms with Crippen molar-refractivity contribution in [2.45, 2.75) is 66.5 Å². The van der Waals surface area contributed by atoms with E-state index in [0.29, 0.717) is 36.3 Å². The zero-order valence-electron chi connectivity index (χ0n) is 62.4. The van der Waals surface area contributed by atoms with Crippen LogP contribution in [0.3, 0.4) is 0 Å². The molecule has 5 heterocycles. The molecule has 5 aliphatic heterocycles. The summed E-state index contributed by atoms with van der Waals surface area (Å²) in [5.41, 5.74) is 38.6. The van der Waals surface area contributed by atoms with Crippen LogP contribution in [-0.4, -0.2) is 279 Å². The third-order valence-electron chi connectivity index (χ3n) is 20.1. The highest BCUT2D eigenvalue weighted by atomic mass is 16.5. The van der Waals surface area contributed by atoms with Crippen molar-refractivity contribution in [1.29, 1.82) is 0 Å². The number of ether oxygens (including phenoxy) is 5. The van der Waals surface area contributed by atoms with Gasteiger partial charge in [0.05, 0.1) is 215 Å². The largest absolute Gasteiger partial charge is 0.489 e. The number of rotatable bonds is 25. The zero-order valence-corrected chi connectivity index (χ0v) is 62.4. The summed E-state index contributed by atoms with van der Waals surface area (Å²) in [6.07, 6.45) is 2.19. The van der Waals surface area contributed by atoms with Gasteiger partial charge in [0.1, 0.15) is 74.9 Å². The van der Waals surface area contributed by atoms with Crippen molar-refractivity contribution in [3.8, 4) is 28.7 Å². The molecule has 0 aromatic heterocycles. The first-order valence-corrected chi connectivity index (χ1v) is 35.6. The summed E-state index contributed by atoms with van der Waals surface area (Å²) in [4.78, 5) is 11.9. The van der Waals surface area contributed by atoms with Gasteiger partial charge in [0.15, 0.2) is 0 Å². The summed E-state index contributed by atoms with van der Waals surface area (Å²) in [6.45, 7) is 36.9. The van der Waals surface area contributed by atoms with Crippen molar-refractivity contribution in [1.82, 2.24) is 0 Å². The average molecular weight is 1350 g/mol. The Bertz CT molecular complexity index is 3160. The van der Waals surface area contributed by atoms with E-state index < -0.39 is 0 Å². The van der Waals surface area contributed by atoms with Gasteiger partial charge >= 0.3 is 0 Å². The SMILES string of the molecule is CC(C)[N+](C)(CCN1CCOc2cc(N)ccc21)C(C)C.CC[N+](C)(CC)CCN1CCOc2cc(N)ccc21.C[N+](C)(C)CCCN1CCOc2cc(N)ccc21.C[N+](C)(C)CCN1CCOc2cc(N)ccc21.C[N+](CCO)(CCO)CCCN1CCOc2cc(N)ccc21. The van der Waals surface area contributed by atoms with Crippen LogP contribution in [-0.2, 0) is 0 Å². The number of nitrogen functional groups attached to an aromatic ring is 5. The Labute approximate surface area is 584 Å².